The number of halogens is 1. The molecule has 1 atom stereocenters. The molecule has 92 valence electrons. The van der Waals surface area contributed by atoms with E-state index in [1.807, 2.05) is 6.92 Å². The fourth-order valence-corrected chi connectivity index (χ4v) is 2.07. The maximum absolute atomic E-state index is 11.1. The molecule has 1 saturated heterocycles. The van der Waals surface area contributed by atoms with Crippen LogP contribution in [0.5, 0.6) is 0 Å². The Kier molecular flexibility index (Phi) is 3.26. The van der Waals surface area contributed by atoms with E-state index in [0.717, 1.165) is 6.42 Å². The Bertz CT molecular complexity index is 441. The molecule has 4 nitrogen and oxygen atoms in total. The van der Waals surface area contributed by atoms with Crippen molar-refractivity contribution < 1.29 is 14.6 Å². The summed E-state index contributed by atoms with van der Waals surface area (Å²) in [5.74, 6) is -0.966. The molecule has 1 aliphatic heterocycles. The summed E-state index contributed by atoms with van der Waals surface area (Å²) in [6, 6.07) is 4.71. The van der Waals surface area contributed by atoms with E-state index >= 15 is 0 Å². The van der Waals surface area contributed by atoms with Crippen LogP contribution in [0.15, 0.2) is 18.2 Å². The van der Waals surface area contributed by atoms with E-state index in [1.165, 1.54) is 6.07 Å². The molecule has 2 rings (SSSR count). The van der Waals surface area contributed by atoms with Gasteiger partial charge in [-0.05, 0) is 31.5 Å². The third kappa shape index (κ3) is 2.70. The van der Waals surface area contributed by atoms with Gasteiger partial charge >= 0.3 is 5.97 Å². The second-order valence-corrected chi connectivity index (χ2v) is 4.92. The van der Waals surface area contributed by atoms with Gasteiger partial charge in [-0.2, -0.15) is 0 Å². The maximum Gasteiger partial charge on any atom is 0.337 e. The Morgan fingerprint density at radius 2 is 2.35 bits per heavy atom. The van der Waals surface area contributed by atoms with E-state index in [2.05, 4.69) is 5.32 Å². The van der Waals surface area contributed by atoms with Crippen molar-refractivity contribution in [1.29, 1.82) is 0 Å². The molecule has 0 amide bonds. The molecule has 2 N–H and O–H groups in total. The Labute approximate surface area is 105 Å². The Hall–Kier alpha value is -1.26. The normalized spacial score (nSPS) is 23.6. The van der Waals surface area contributed by atoms with Crippen LogP contribution in [0.2, 0.25) is 5.02 Å². The van der Waals surface area contributed by atoms with Crippen molar-refractivity contribution in [3.8, 4) is 0 Å². The molecule has 0 bridgehead atoms. The second kappa shape index (κ2) is 4.55. The van der Waals surface area contributed by atoms with E-state index in [1.54, 1.807) is 12.1 Å². The highest BCUT2D eigenvalue weighted by atomic mass is 35.5. The molecular formula is C12H14ClNO3. The van der Waals surface area contributed by atoms with Crippen LogP contribution in [0.1, 0.15) is 23.7 Å². The molecule has 0 saturated carbocycles. The zero-order chi connectivity index (χ0) is 12.5. The van der Waals surface area contributed by atoms with Crippen molar-refractivity contribution in [2.45, 2.75) is 18.9 Å². The Balaban J connectivity index is 2.30. The zero-order valence-electron chi connectivity index (χ0n) is 9.50. The summed E-state index contributed by atoms with van der Waals surface area (Å²) < 4.78 is 5.32. The van der Waals surface area contributed by atoms with Gasteiger partial charge in [0.15, 0.2) is 0 Å². The van der Waals surface area contributed by atoms with Gasteiger partial charge in [-0.25, -0.2) is 4.79 Å². The quantitative estimate of drug-likeness (QED) is 0.872. The number of carboxylic acids is 1. The number of rotatable bonds is 3. The average molecular weight is 256 g/mol. The largest absolute Gasteiger partial charge is 0.478 e. The summed E-state index contributed by atoms with van der Waals surface area (Å²) in [4.78, 5) is 11.1. The van der Waals surface area contributed by atoms with Gasteiger partial charge in [-0.15, -0.1) is 0 Å². The van der Waals surface area contributed by atoms with Gasteiger partial charge in [0, 0.05) is 11.6 Å². The van der Waals surface area contributed by atoms with E-state index in [-0.39, 0.29) is 11.1 Å². The Morgan fingerprint density at radius 3 is 2.94 bits per heavy atom. The van der Waals surface area contributed by atoms with Gasteiger partial charge in [-0.3, -0.25) is 0 Å². The summed E-state index contributed by atoms with van der Waals surface area (Å²) in [5.41, 5.74) is 0.537. The number of carbonyl (C=O) groups is 1. The van der Waals surface area contributed by atoms with Gasteiger partial charge in [-0.1, -0.05) is 11.6 Å². The predicted molar refractivity (Wildman–Crippen MR) is 65.9 cm³/mol. The third-order valence-electron chi connectivity index (χ3n) is 2.87. The van der Waals surface area contributed by atoms with Gasteiger partial charge in [0.1, 0.15) is 0 Å². The number of benzene rings is 1. The first-order chi connectivity index (χ1) is 8.00. The standard InChI is InChI=1S/C12H14ClNO3/c1-12(4-5-17-7-12)14-10-6-8(13)2-3-9(10)11(15)16/h2-3,6,14H,4-5,7H2,1H3,(H,15,16). The SMILES string of the molecule is CC1(Nc2cc(Cl)ccc2C(=O)O)CCOC1. The first-order valence-electron chi connectivity index (χ1n) is 5.39. The molecule has 0 radical (unpaired) electrons. The summed E-state index contributed by atoms with van der Waals surface area (Å²) in [5, 5.41) is 12.8. The molecule has 0 aromatic heterocycles. The maximum atomic E-state index is 11.1. The molecule has 1 unspecified atom stereocenters. The molecule has 17 heavy (non-hydrogen) atoms. The lowest BCUT2D eigenvalue weighted by Gasteiger charge is -2.26. The minimum atomic E-state index is -0.966. The van der Waals surface area contributed by atoms with Crippen LogP contribution in [0.25, 0.3) is 0 Å². The molecule has 1 aromatic carbocycles. The van der Waals surface area contributed by atoms with E-state index in [9.17, 15) is 4.79 Å². The predicted octanol–water partition coefficient (Wildman–Crippen LogP) is 2.63. The third-order valence-corrected chi connectivity index (χ3v) is 3.10. The molecule has 1 heterocycles. The number of carboxylic acid groups (broad SMARTS) is 1. The number of nitrogens with one attached hydrogen (secondary N) is 1. The van der Waals surface area contributed by atoms with E-state index in [4.69, 9.17) is 21.4 Å². The number of hydrogen-bond acceptors (Lipinski definition) is 3. The highest BCUT2D eigenvalue weighted by molar-refractivity contribution is 6.31. The van der Waals surface area contributed by atoms with E-state index in [0.29, 0.717) is 23.9 Å². The number of hydrogen-bond donors (Lipinski definition) is 2. The average Bonchev–Trinajstić information content (AvgIpc) is 2.64. The lowest BCUT2D eigenvalue weighted by molar-refractivity contribution is 0.0698. The smallest absolute Gasteiger partial charge is 0.337 e. The van der Waals surface area contributed by atoms with E-state index < -0.39 is 5.97 Å². The summed E-state index contributed by atoms with van der Waals surface area (Å²) in [7, 11) is 0. The monoisotopic (exact) mass is 255 g/mol. The molecule has 1 fully saturated rings. The molecule has 0 aliphatic carbocycles. The fourth-order valence-electron chi connectivity index (χ4n) is 1.90. The molecule has 5 heteroatoms. The van der Waals surface area contributed by atoms with Crippen LogP contribution in [-0.4, -0.2) is 29.8 Å². The van der Waals surface area contributed by atoms with Crippen molar-refractivity contribution in [2.24, 2.45) is 0 Å². The number of aromatic carboxylic acids is 1. The van der Waals surface area contributed by atoms with Crippen LogP contribution < -0.4 is 5.32 Å². The molecule has 1 aliphatic rings. The van der Waals surface area contributed by atoms with Crippen molar-refractivity contribution in [2.75, 3.05) is 18.5 Å². The van der Waals surface area contributed by atoms with Crippen LogP contribution >= 0.6 is 11.6 Å². The molecular weight excluding hydrogens is 242 g/mol. The highest BCUT2D eigenvalue weighted by Gasteiger charge is 2.30. The first-order valence-corrected chi connectivity index (χ1v) is 5.77. The fraction of sp³-hybridized carbons (Fsp3) is 0.417. The first kappa shape index (κ1) is 12.2. The summed E-state index contributed by atoms with van der Waals surface area (Å²) in [6.07, 6.45) is 0.846. The number of ether oxygens (including phenoxy) is 1. The number of anilines is 1. The minimum Gasteiger partial charge on any atom is -0.478 e. The van der Waals surface area contributed by atoms with Crippen LogP contribution in [0.4, 0.5) is 5.69 Å². The highest BCUT2D eigenvalue weighted by Crippen LogP contribution is 2.28. The van der Waals surface area contributed by atoms with Gasteiger partial charge in [0.05, 0.1) is 23.4 Å². The topological polar surface area (TPSA) is 58.6 Å². The van der Waals surface area contributed by atoms with Crippen molar-refractivity contribution in [3.05, 3.63) is 28.8 Å². The molecule has 1 aromatic rings. The van der Waals surface area contributed by atoms with Crippen LogP contribution in [0.3, 0.4) is 0 Å². The van der Waals surface area contributed by atoms with Crippen LogP contribution in [0, 0.1) is 0 Å². The van der Waals surface area contributed by atoms with Crippen LogP contribution in [-0.2, 0) is 4.74 Å². The lowest BCUT2D eigenvalue weighted by Crippen LogP contribution is -2.35. The Morgan fingerprint density at radius 1 is 1.59 bits per heavy atom. The van der Waals surface area contributed by atoms with Crippen molar-refractivity contribution in [1.82, 2.24) is 0 Å². The lowest BCUT2D eigenvalue weighted by atomic mass is 10.0. The van der Waals surface area contributed by atoms with Gasteiger partial charge in [0.25, 0.3) is 0 Å². The van der Waals surface area contributed by atoms with Crippen molar-refractivity contribution in [3.63, 3.8) is 0 Å². The summed E-state index contributed by atoms with van der Waals surface area (Å²) >= 11 is 5.89. The minimum absolute atomic E-state index is 0.225. The van der Waals surface area contributed by atoms with Gasteiger partial charge < -0.3 is 15.2 Å². The van der Waals surface area contributed by atoms with Gasteiger partial charge in [0.2, 0.25) is 0 Å². The summed E-state index contributed by atoms with van der Waals surface area (Å²) in [6.45, 7) is 3.26. The zero-order valence-corrected chi connectivity index (χ0v) is 10.3. The van der Waals surface area contributed by atoms with Crippen molar-refractivity contribution >= 4 is 23.3 Å². The second-order valence-electron chi connectivity index (χ2n) is 4.48. The molecule has 0 spiro atoms.